The van der Waals surface area contributed by atoms with E-state index in [1.165, 1.54) is 0 Å². The van der Waals surface area contributed by atoms with E-state index in [4.69, 9.17) is 21.1 Å². The maximum Gasteiger partial charge on any atom is 0.321 e. The molecule has 5 nitrogen and oxygen atoms in total. The van der Waals surface area contributed by atoms with Gasteiger partial charge in [0.1, 0.15) is 11.5 Å². The number of methoxy groups -OCH3 is 1. The molecule has 0 saturated heterocycles. The van der Waals surface area contributed by atoms with Crippen LogP contribution in [0.3, 0.4) is 0 Å². The average Bonchev–Trinajstić information content (AvgIpc) is 2.52. The lowest BCUT2D eigenvalue weighted by Gasteiger charge is -2.13. The normalized spacial score (nSPS) is 10.2. The number of nitrogens with one attached hydrogen (secondary N) is 2. The van der Waals surface area contributed by atoms with E-state index in [0.29, 0.717) is 17.2 Å². The summed E-state index contributed by atoms with van der Waals surface area (Å²) in [4.78, 5) is 12.0. The molecule has 0 aliphatic rings. The molecule has 0 spiro atoms. The van der Waals surface area contributed by atoms with Gasteiger partial charge < -0.3 is 20.1 Å². The fraction of sp³-hybridized carbons (Fsp3) is 0.278. The van der Waals surface area contributed by atoms with Gasteiger partial charge >= 0.3 is 6.03 Å². The predicted molar refractivity (Wildman–Crippen MR) is 96.3 cm³/mol. The Morgan fingerprint density at radius 1 is 1.12 bits per heavy atom. The third-order valence-corrected chi connectivity index (χ3v) is 4.08. The lowest BCUT2D eigenvalue weighted by molar-refractivity contribution is 0.234. The number of rotatable bonds is 5. The Bertz CT molecular complexity index is 724. The molecule has 0 aromatic heterocycles. The Labute approximate surface area is 146 Å². The summed E-state index contributed by atoms with van der Waals surface area (Å²) in [7, 11) is 1.56. The smallest absolute Gasteiger partial charge is 0.321 e. The first-order valence-electron chi connectivity index (χ1n) is 7.49. The molecule has 0 bridgehead atoms. The van der Waals surface area contributed by atoms with Crippen molar-refractivity contribution in [1.29, 1.82) is 0 Å². The van der Waals surface area contributed by atoms with Crippen LogP contribution in [0.2, 0.25) is 5.02 Å². The van der Waals surface area contributed by atoms with Crippen LogP contribution in [0.25, 0.3) is 0 Å². The number of hydrogen-bond acceptors (Lipinski definition) is 3. The molecule has 128 valence electrons. The molecule has 2 N–H and O–H groups in total. The van der Waals surface area contributed by atoms with Gasteiger partial charge in [-0.3, -0.25) is 0 Å². The number of hydrogen-bond donors (Lipinski definition) is 2. The van der Waals surface area contributed by atoms with E-state index in [0.717, 1.165) is 21.7 Å². The van der Waals surface area contributed by atoms with Gasteiger partial charge in [-0.25, -0.2) is 4.79 Å². The van der Waals surface area contributed by atoms with Gasteiger partial charge in [0.15, 0.2) is 6.73 Å². The number of aryl methyl sites for hydroxylation is 3. The highest BCUT2D eigenvalue weighted by Gasteiger charge is 2.08. The van der Waals surface area contributed by atoms with Crippen LogP contribution in [0.1, 0.15) is 16.7 Å². The van der Waals surface area contributed by atoms with E-state index < -0.39 is 0 Å². The highest BCUT2D eigenvalue weighted by Crippen LogP contribution is 2.26. The number of benzene rings is 2. The van der Waals surface area contributed by atoms with Crippen molar-refractivity contribution in [1.82, 2.24) is 5.32 Å². The van der Waals surface area contributed by atoms with Crippen molar-refractivity contribution < 1.29 is 14.3 Å². The van der Waals surface area contributed by atoms with E-state index in [1.54, 1.807) is 13.2 Å². The van der Waals surface area contributed by atoms with Crippen molar-refractivity contribution in [3.63, 3.8) is 0 Å². The summed E-state index contributed by atoms with van der Waals surface area (Å²) in [5.74, 6) is 1.25. The molecule has 0 radical (unpaired) electrons. The van der Waals surface area contributed by atoms with Crippen molar-refractivity contribution in [2.24, 2.45) is 0 Å². The Morgan fingerprint density at radius 2 is 1.79 bits per heavy atom. The Kier molecular flexibility index (Phi) is 5.93. The van der Waals surface area contributed by atoms with Crippen LogP contribution < -0.4 is 20.1 Å². The molecule has 0 aliphatic carbocycles. The van der Waals surface area contributed by atoms with Crippen LogP contribution in [0, 0.1) is 20.8 Å². The standard InChI is InChI=1S/C18H21ClN2O3/c1-11-5-6-16(23-4)15(7-11)21-18(22)20-10-24-14-8-12(2)17(19)13(3)9-14/h5-9H,10H2,1-4H3,(H2,20,21,22). The molecule has 0 heterocycles. The Hall–Kier alpha value is -2.40. The molecular weight excluding hydrogens is 328 g/mol. The second kappa shape index (κ2) is 7.93. The zero-order chi connectivity index (χ0) is 17.7. The van der Waals surface area contributed by atoms with Crippen molar-refractivity contribution in [2.45, 2.75) is 20.8 Å². The second-order valence-electron chi connectivity index (χ2n) is 5.49. The first-order valence-corrected chi connectivity index (χ1v) is 7.87. The topological polar surface area (TPSA) is 59.6 Å². The lowest BCUT2D eigenvalue weighted by atomic mass is 10.1. The summed E-state index contributed by atoms with van der Waals surface area (Å²) >= 11 is 6.12. The molecule has 2 aromatic carbocycles. The van der Waals surface area contributed by atoms with Gasteiger partial charge in [-0.1, -0.05) is 17.7 Å². The number of ether oxygens (including phenoxy) is 2. The molecule has 0 fully saturated rings. The zero-order valence-corrected chi connectivity index (χ0v) is 15.0. The number of halogens is 1. The quantitative estimate of drug-likeness (QED) is 0.786. The van der Waals surface area contributed by atoms with Crippen LogP contribution >= 0.6 is 11.6 Å². The lowest BCUT2D eigenvalue weighted by Crippen LogP contribution is -2.32. The van der Waals surface area contributed by atoms with Gasteiger partial charge in [-0.05, 0) is 61.7 Å². The monoisotopic (exact) mass is 348 g/mol. The summed E-state index contributed by atoms with van der Waals surface area (Å²) in [5, 5.41) is 6.11. The summed E-state index contributed by atoms with van der Waals surface area (Å²) in [5.41, 5.74) is 3.49. The molecule has 0 saturated carbocycles. The van der Waals surface area contributed by atoms with Gasteiger partial charge in [-0.15, -0.1) is 0 Å². The van der Waals surface area contributed by atoms with Gasteiger partial charge in [0.25, 0.3) is 0 Å². The van der Waals surface area contributed by atoms with Crippen LogP contribution in [0.15, 0.2) is 30.3 Å². The molecule has 0 atom stereocenters. The maximum absolute atomic E-state index is 12.0. The summed E-state index contributed by atoms with van der Waals surface area (Å²) in [6.45, 7) is 5.80. The van der Waals surface area contributed by atoms with Crippen molar-refractivity contribution in [3.8, 4) is 11.5 Å². The molecule has 6 heteroatoms. The molecule has 0 aliphatic heterocycles. The second-order valence-corrected chi connectivity index (χ2v) is 5.87. The molecule has 24 heavy (non-hydrogen) atoms. The van der Waals surface area contributed by atoms with Gasteiger partial charge in [0.2, 0.25) is 0 Å². The highest BCUT2D eigenvalue weighted by molar-refractivity contribution is 6.32. The third-order valence-electron chi connectivity index (χ3n) is 3.48. The van der Waals surface area contributed by atoms with E-state index >= 15 is 0 Å². The summed E-state index contributed by atoms with van der Waals surface area (Å²) in [6.07, 6.45) is 0. The average molecular weight is 349 g/mol. The van der Waals surface area contributed by atoms with Gasteiger partial charge in [-0.2, -0.15) is 0 Å². The predicted octanol–water partition coefficient (Wildman–Crippen LogP) is 4.43. The first kappa shape index (κ1) is 17.9. The fourth-order valence-corrected chi connectivity index (χ4v) is 2.37. The minimum Gasteiger partial charge on any atom is -0.495 e. The van der Waals surface area contributed by atoms with E-state index in [2.05, 4.69) is 10.6 Å². The van der Waals surface area contributed by atoms with E-state index in [1.807, 2.05) is 45.0 Å². The van der Waals surface area contributed by atoms with Crippen molar-refractivity contribution >= 4 is 23.3 Å². The Morgan fingerprint density at radius 3 is 2.42 bits per heavy atom. The summed E-state index contributed by atoms with van der Waals surface area (Å²) in [6, 6.07) is 8.85. The largest absolute Gasteiger partial charge is 0.495 e. The minimum atomic E-state index is -0.374. The molecule has 2 amide bonds. The molecular formula is C18H21ClN2O3. The zero-order valence-electron chi connectivity index (χ0n) is 14.2. The van der Waals surface area contributed by atoms with Crippen molar-refractivity contribution in [3.05, 3.63) is 52.0 Å². The van der Waals surface area contributed by atoms with Crippen LogP contribution in [-0.4, -0.2) is 19.9 Å². The number of carbonyl (C=O) groups is 1. The number of anilines is 1. The minimum absolute atomic E-state index is 0.0421. The number of urea groups is 1. The molecule has 2 aromatic rings. The van der Waals surface area contributed by atoms with Crippen LogP contribution in [0.4, 0.5) is 10.5 Å². The number of amides is 2. The van der Waals surface area contributed by atoms with Gasteiger partial charge in [0, 0.05) is 5.02 Å². The maximum atomic E-state index is 12.0. The van der Waals surface area contributed by atoms with E-state index in [9.17, 15) is 4.79 Å². The van der Waals surface area contributed by atoms with E-state index in [-0.39, 0.29) is 12.8 Å². The molecule has 0 unspecified atom stereocenters. The van der Waals surface area contributed by atoms with Crippen molar-refractivity contribution in [2.75, 3.05) is 19.2 Å². The SMILES string of the molecule is COc1ccc(C)cc1NC(=O)NCOc1cc(C)c(Cl)c(C)c1. The summed E-state index contributed by atoms with van der Waals surface area (Å²) < 4.78 is 10.8. The Balaban J connectivity index is 1.91. The number of carbonyl (C=O) groups excluding carboxylic acids is 1. The van der Waals surface area contributed by atoms with Crippen LogP contribution in [0.5, 0.6) is 11.5 Å². The van der Waals surface area contributed by atoms with Gasteiger partial charge in [0.05, 0.1) is 12.8 Å². The first-order chi connectivity index (χ1) is 11.4. The third kappa shape index (κ3) is 4.55. The van der Waals surface area contributed by atoms with Crippen LogP contribution in [-0.2, 0) is 0 Å². The fourth-order valence-electron chi connectivity index (χ4n) is 2.26. The highest BCUT2D eigenvalue weighted by atomic mass is 35.5. The molecule has 2 rings (SSSR count).